The van der Waals surface area contributed by atoms with Crippen LogP contribution in [0.1, 0.15) is 338 Å². The zero-order chi connectivity index (χ0) is 65.4. The Kier molecular flexibility index (Phi) is 57.6. The van der Waals surface area contributed by atoms with Crippen molar-refractivity contribution in [3.63, 3.8) is 0 Å². The predicted molar refractivity (Wildman–Crippen MR) is 354 cm³/mol. The second kappa shape index (κ2) is 58.8. The van der Waals surface area contributed by atoms with Crippen molar-refractivity contribution in [2.45, 2.75) is 356 Å². The number of ether oxygens (including phenoxy) is 4. The summed E-state index contributed by atoms with van der Waals surface area (Å²) in [6.45, 7) is 14.1. The van der Waals surface area contributed by atoms with E-state index in [0.29, 0.717) is 25.7 Å². The normalized spacial score (nSPS) is 14.6. The van der Waals surface area contributed by atoms with Crippen LogP contribution in [0.15, 0.2) is 0 Å². The molecule has 0 aromatic rings. The third kappa shape index (κ3) is 61.6. The van der Waals surface area contributed by atoms with Crippen LogP contribution in [-0.4, -0.2) is 96.7 Å². The quantitative estimate of drug-likeness (QED) is 0.0222. The van der Waals surface area contributed by atoms with Gasteiger partial charge in [-0.1, -0.05) is 287 Å². The van der Waals surface area contributed by atoms with Gasteiger partial charge in [0.05, 0.1) is 26.4 Å². The summed E-state index contributed by atoms with van der Waals surface area (Å²) in [4.78, 5) is 72.5. The number of aliphatic hydroxyl groups excluding tert-OH is 1. The number of carbonyl (C=O) groups excluding carboxylic acids is 4. The maximum Gasteiger partial charge on any atom is 0.472 e. The Morgan fingerprint density at radius 3 is 0.807 bits per heavy atom. The van der Waals surface area contributed by atoms with Crippen molar-refractivity contribution >= 4 is 39.5 Å². The summed E-state index contributed by atoms with van der Waals surface area (Å²) in [5.41, 5.74) is 0. The highest BCUT2D eigenvalue weighted by Gasteiger charge is 2.30. The molecule has 0 heterocycles. The maximum atomic E-state index is 13.0. The van der Waals surface area contributed by atoms with Crippen molar-refractivity contribution in [1.82, 2.24) is 0 Å². The van der Waals surface area contributed by atoms with Crippen LogP contribution in [0.2, 0.25) is 0 Å². The van der Waals surface area contributed by atoms with Gasteiger partial charge in [0.2, 0.25) is 0 Å². The Morgan fingerprint density at radius 2 is 0.545 bits per heavy atom. The molecule has 0 radical (unpaired) electrons. The molecule has 0 amide bonds. The van der Waals surface area contributed by atoms with Gasteiger partial charge in [-0.3, -0.25) is 37.3 Å². The van der Waals surface area contributed by atoms with Gasteiger partial charge in [-0.15, -0.1) is 0 Å². The number of esters is 4. The van der Waals surface area contributed by atoms with E-state index in [1.165, 1.54) is 135 Å². The first-order valence-corrected chi connectivity index (χ1v) is 38.7. The van der Waals surface area contributed by atoms with Crippen molar-refractivity contribution in [3.8, 4) is 0 Å². The Bertz CT molecular complexity index is 1750. The molecule has 3 N–H and O–H groups in total. The Hall–Kier alpha value is -1.94. The zero-order valence-corrected chi connectivity index (χ0v) is 59.1. The topological polar surface area (TPSA) is 237 Å². The number of aliphatic hydroxyl groups is 1. The van der Waals surface area contributed by atoms with E-state index < -0.39 is 97.5 Å². The van der Waals surface area contributed by atoms with Crippen molar-refractivity contribution in [2.75, 3.05) is 39.6 Å². The summed E-state index contributed by atoms with van der Waals surface area (Å²) in [6.07, 6.45) is 40.3. The first kappa shape index (κ1) is 86.1. The number of phosphoric acid groups is 2. The van der Waals surface area contributed by atoms with Crippen molar-refractivity contribution in [2.24, 2.45) is 23.7 Å². The highest BCUT2D eigenvalue weighted by atomic mass is 31.2. The molecule has 0 saturated carbocycles. The average Bonchev–Trinajstić information content (AvgIpc) is 3.56. The SMILES string of the molecule is CCC(C)CCCCCCCCC(=O)OC[C@H](COP(=O)(O)OC[C@H](O)COP(=O)(O)OC[C@@H](COC(=O)CCCCCCCCCCCCC(C)C)OC(=O)CCCCCCCCCCCCC(C)C)OC(=O)CCCCCCCCCCCC(C)C. The first-order chi connectivity index (χ1) is 42.1. The van der Waals surface area contributed by atoms with Crippen LogP contribution in [0.3, 0.4) is 0 Å². The van der Waals surface area contributed by atoms with Gasteiger partial charge in [0.25, 0.3) is 0 Å². The summed E-state index contributed by atoms with van der Waals surface area (Å²) in [5.74, 6) is 0.846. The average molecular weight is 1300 g/mol. The van der Waals surface area contributed by atoms with Crippen LogP contribution in [0, 0.1) is 23.7 Å². The fraction of sp³-hybridized carbons (Fsp3) is 0.942. The third-order valence-corrected chi connectivity index (χ3v) is 18.1. The molecular formula is C69H134O17P2. The Balaban J connectivity index is 5.27. The third-order valence-electron chi connectivity index (χ3n) is 16.2. The lowest BCUT2D eigenvalue weighted by atomic mass is 10.00. The molecule has 88 heavy (non-hydrogen) atoms. The van der Waals surface area contributed by atoms with Crippen LogP contribution in [0.5, 0.6) is 0 Å². The molecule has 3 unspecified atom stereocenters. The Morgan fingerprint density at radius 1 is 0.318 bits per heavy atom. The van der Waals surface area contributed by atoms with Gasteiger partial charge in [0, 0.05) is 25.7 Å². The minimum absolute atomic E-state index is 0.104. The van der Waals surface area contributed by atoms with E-state index in [1.54, 1.807) is 0 Å². The van der Waals surface area contributed by atoms with Gasteiger partial charge in [-0.25, -0.2) is 9.13 Å². The van der Waals surface area contributed by atoms with E-state index in [2.05, 4.69) is 55.4 Å². The van der Waals surface area contributed by atoms with Gasteiger partial charge < -0.3 is 33.8 Å². The highest BCUT2D eigenvalue weighted by Crippen LogP contribution is 2.45. The van der Waals surface area contributed by atoms with Gasteiger partial charge >= 0.3 is 39.5 Å². The number of hydrogen-bond acceptors (Lipinski definition) is 15. The van der Waals surface area contributed by atoms with Crippen LogP contribution < -0.4 is 0 Å². The molecule has 0 rings (SSSR count). The van der Waals surface area contributed by atoms with E-state index >= 15 is 0 Å². The number of carbonyl (C=O) groups is 4. The molecule has 522 valence electrons. The van der Waals surface area contributed by atoms with E-state index in [0.717, 1.165) is 120 Å². The maximum absolute atomic E-state index is 13.0. The molecule has 0 bridgehead atoms. The lowest BCUT2D eigenvalue weighted by Crippen LogP contribution is -2.30. The molecule has 0 fully saturated rings. The first-order valence-electron chi connectivity index (χ1n) is 35.7. The fourth-order valence-electron chi connectivity index (χ4n) is 10.3. The molecule has 0 aromatic carbocycles. The number of rotatable bonds is 66. The number of phosphoric ester groups is 2. The second-order valence-corrected chi connectivity index (χ2v) is 29.5. The summed E-state index contributed by atoms with van der Waals surface area (Å²) >= 11 is 0. The summed E-state index contributed by atoms with van der Waals surface area (Å²) < 4.78 is 68.2. The van der Waals surface area contributed by atoms with Crippen LogP contribution in [-0.2, 0) is 65.4 Å². The van der Waals surface area contributed by atoms with Gasteiger partial charge in [-0.05, 0) is 49.4 Å². The van der Waals surface area contributed by atoms with Gasteiger partial charge in [-0.2, -0.15) is 0 Å². The highest BCUT2D eigenvalue weighted by molar-refractivity contribution is 7.47. The molecule has 0 spiro atoms. The van der Waals surface area contributed by atoms with Gasteiger partial charge in [0.15, 0.2) is 12.2 Å². The molecule has 19 heteroatoms. The molecule has 0 aliphatic carbocycles. The summed E-state index contributed by atoms with van der Waals surface area (Å²) in [6, 6.07) is 0. The minimum Gasteiger partial charge on any atom is -0.462 e. The summed E-state index contributed by atoms with van der Waals surface area (Å²) in [5, 5.41) is 10.6. The molecule has 0 aromatic heterocycles. The number of unbranched alkanes of at least 4 members (excludes halogenated alkanes) is 31. The van der Waals surface area contributed by atoms with E-state index in [-0.39, 0.29) is 25.7 Å². The standard InChI is InChI=1S/C69H134O17P2/c1-9-62(8)48-40-32-27-28-34-42-50-67(72)80-56-65(86-69(74)52-44-36-26-20-14-17-23-31-39-47-61(6)7)58-84-88(77,78)82-54-63(70)53-81-87(75,76)83-57-64(85-68(73)51-43-35-25-19-13-11-16-22-30-38-46-60(4)5)55-79-66(71)49-41-33-24-18-12-10-15-21-29-37-45-59(2)3/h59-65,70H,9-58H2,1-8H3,(H,75,76)(H,77,78)/t62?,63-,64-,65-/m1/s1. The smallest absolute Gasteiger partial charge is 0.462 e. The van der Waals surface area contributed by atoms with Crippen molar-refractivity contribution < 1.29 is 80.2 Å². The van der Waals surface area contributed by atoms with E-state index in [9.17, 15) is 43.2 Å². The molecule has 0 aliphatic rings. The molecule has 0 saturated heterocycles. The summed E-state index contributed by atoms with van der Waals surface area (Å²) in [7, 11) is -9.90. The zero-order valence-electron chi connectivity index (χ0n) is 57.3. The molecule has 0 aliphatic heterocycles. The lowest BCUT2D eigenvalue weighted by Gasteiger charge is -2.21. The van der Waals surface area contributed by atoms with Crippen LogP contribution in [0.25, 0.3) is 0 Å². The minimum atomic E-state index is -4.95. The Labute approximate surface area is 537 Å². The largest absolute Gasteiger partial charge is 0.472 e. The molecule has 17 nitrogen and oxygen atoms in total. The second-order valence-electron chi connectivity index (χ2n) is 26.6. The van der Waals surface area contributed by atoms with Crippen molar-refractivity contribution in [3.05, 3.63) is 0 Å². The molecule has 6 atom stereocenters. The fourth-order valence-corrected chi connectivity index (χ4v) is 11.9. The predicted octanol–water partition coefficient (Wildman–Crippen LogP) is 19.3. The monoisotopic (exact) mass is 1300 g/mol. The van der Waals surface area contributed by atoms with E-state index in [4.69, 9.17) is 37.0 Å². The van der Waals surface area contributed by atoms with Crippen molar-refractivity contribution in [1.29, 1.82) is 0 Å². The number of hydrogen-bond donors (Lipinski definition) is 3. The lowest BCUT2D eigenvalue weighted by molar-refractivity contribution is -0.161. The van der Waals surface area contributed by atoms with Crippen LogP contribution >= 0.6 is 15.6 Å². The van der Waals surface area contributed by atoms with Crippen LogP contribution in [0.4, 0.5) is 0 Å². The molecular weight excluding hydrogens is 1160 g/mol. The van der Waals surface area contributed by atoms with E-state index in [1.807, 2.05) is 0 Å². The van der Waals surface area contributed by atoms with Gasteiger partial charge in [0.1, 0.15) is 19.3 Å².